The van der Waals surface area contributed by atoms with Crippen molar-refractivity contribution in [3.63, 3.8) is 0 Å². The number of methoxy groups -OCH3 is 1. The maximum absolute atomic E-state index is 13.2. The molecule has 0 aromatic heterocycles. The average molecular weight is 513 g/mol. The van der Waals surface area contributed by atoms with Gasteiger partial charge in [-0.1, -0.05) is 49.0 Å². The summed E-state index contributed by atoms with van der Waals surface area (Å²) in [7, 11) is 1.66. The zero-order valence-corrected chi connectivity index (χ0v) is 21.9. The van der Waals surface area contributed by atoms with E-state index in [1.165, 1.54) is 0 Å². The van der Waals surface area contributed by atoms with Crippen LogP contribution in [0.15, 0.2) is 54.6 Å². The van der Waals surface area contributed by atoms with E-state index in [0.717, 1.165) is 23.5 Å². The summed E-state index contributed by atoms with van der Waals surface area (Å²) in [6.07, 6.45) is 4.13. The maximum atomic E-state index is 13.2. The Bertz CT molecular complexity index is 1040. The number of amides is 2. The molecule has 0 saturated carbocycles. The van der Waals surface area contributed by atoms with Crippen molar-refractivity contribution in [2.24, 2.45) is 0 Å². The van der Waals surface area contributed by atoms with Crippen LogP contribution in [-0.4, -0.2) is 64.9 Å². The van der Waals surface area contributed by atoms with Gasteiger partial charge < -0.3 is 14.5 Å². The molecular weight excluding hydrogens is 480 g/mol. The molecule has 1 N–H and O–H groups in total. The van der Waals surface area contributed by atoms with Crippen LogP contribution in [0.1, 0.15) is 30.4 Å². The number of thioether (sulfide) groups is 1. The van der Waals surface area contributed by atoms with Gasteiger partial charge in [0.25, 0.3) is 5.24 Å². The molecule has 2 fully saturated rings. The highest BCUT2D eigenvalue weighted by Crippen LogP contribution is 2.35. The van der Waals surface area contributed by atoms with Crippen molar-refractivity contribution in [1.29, 1.82) is 5.26 Å². The van der Waals surface area contributed by atoms with Crippen LogP contribution in [0.4, 0.5) is 4.79 Å². The molecule has 7 nitrogen and oxygen atoms in total. The first-order valence-electron chi connectivity index (χ1n) is 11.6. The first-order chi connectivity index (χ1) is 16.9. The molecule has 0 bridgehead atoms. The summed E-state index contributed by atoms with van der Waals surface area (Å²) in [6, 6.07) is 19.1. The van der Waals surface area contributed by atoms with Crippen molar-refractivity contribution in [2.75, 3.05) is 32.2 Å². The molecule has 1 spiro atoms. The molecular formula is C26H32N4O3S2. The summed E-state index contributed by atoms with van der Waals surface area (Å²) in [5.74, 6) is 1.90. The third-order valence-corrected chi connectivity index (χ3v) is 7.37. The number of thiol groups is 1. The number of para-hydroxylation sites is 1. The Morgan fingerprint density at radius 3 is 2.43 bits per heavy atom. The number of hydrogen-bond donors (Lipinski definition) is 2. The van der Waals surface area contributed by atoms with Crippen molar-refractivity contribution in [2.45, 2.75) is 37.5 Å². The number of rotatable bonds is 6. The van der Waals surface area contributed by atoms with Crippen molar-refractivity contribution in [1.82, 2.24) is 15.1 Å². The smallest absolute Gasteiger partial charge is 0.278 e. The molecule has 2 amide bonds. The number of nitrogens with zero attached hydrogens (tertiary/aromatic N) is 3. The van der Waals surface area contributed by atoms with Crippen molar-refractivity contribution in [3.05, 3.63) is 65.7 Å². The van der Waals surface area contributed by atoms with Crippen molar-refractivity contribution < 1.29 is 14.3 Å². The predicted octanol–water partition coefficient (Wildman–Crippen LogP) is 4.15. The zero-order valence-electron chi connectivity index (χ0n) is 20.1. The van der Waals surface area contributed by atoms with Crippen molar-refractivity contribution >= 4 is 35.5 Å². The van der Waals surface area contributed by atoms with Gasteiger partial charge in [-0.15, -0.1) is 0 Å². The first kappa shape index (κ1) is 26.9. The van der Waals surface area contributed by atoms with Crippen LogP contribution in [-0.2, 0) is 11.3 Å². The lowest BCUT2D eigenvalue weighted by Gasteiger charge is -2.44. The average Bonchev–Trinajstić information content (AvgIpc) is 3.14. The number of benzene rings is 2. The molecule has 2 aliphatic rings. The van der Waals surface area contributed by atoms with E-state index < -0.39 is 5.66 Å². The lowest BCUT2D eigenvalue weighted by Crippen LogP contribution is -2.59. The molecule has 35 heavy (non-hydrogen) atoms. The van der Waals surface area contributed by atoms with Gasteiger partial charge in [0.1, 0.15) is 5.75 Å². The Kier molecular flexibility index (Phi) is 9.90. The van der Waals surface area contributed by atoms with Gasteiger partial charge in [-0.05, 0) is 42.2 Å². The number of nitrogens with one attached hydrogen (secondary N) is 1. The predicted molar refractivity (Wildman–Crippen MR) is 143 cm³/mol. The monoisotopic (exact) mass is 512 g/mol. The van der Waals surface area contributed by atoms with Crippen molar-refractivity contribution in [3.8, 4) is 11.8 Å². The number of hydrogen-bond acceptors (Lipinski definition) is 6. The highest BCUT2D eigenvalue weighted by Gasteiger charge is 2.51. The number of nitriles is 1. The fourth-order valence-corrected chi connectivity index (χ4v) is 5.17. The number of carbonyl (C=O) groups is 2. The minimum absolute atomic E-state index is 0.0856. The highest BCUT2D eigenvalue weighted by atomic mass is 32.2. The topological polar surface area (TPSA) is 85.7 Å². The molecule has 2 aliphatic heterocycles. The van der Waals surface area contributed by atoms with E-state index in [1.54, 1.807) is 29.8 Å². The highest BCUT2D eigenvalue weighted by molar-refractivity contribution is 7.98. The van der Waals surface area contributed by atoms with Gasteiger partial charge in [0.15, 0.2) is 0 Å². The van der Waals surface area contributed by atoms with E-state index in [0.29, 0.717) is 38.0 Å². The fraction of sp³-hybridized carbons (Fsp3) is 0.423. The maximum Gasteiger partial charge on any atom is 0.278 e. The molecule has 2 aromatic carbocycles. The molecule has 0 radical (unpaired) electrons. The number of carbonyl (C=O) groups excluding carboxylic acids is 2. The van der Waals surface area contributed by atoms with E-state index in [2.05, 4.69) is 24.0 Å². The van der Waals surface area contributed by atoms with E-state index >= 15 is 0 Å². The standard InChI is InChI=1S/C19H24N4O2S2.C7H8O/c1-27-11-6-16-17(24)23(13-15-5-3-2-4-14(15)12-20)19(21-16)7-9-22(10-8-19)18(25)26;1-8-7-5-3-2-4-6-7/h2-5,16,21H,6-11,13H2,1H3,(H,25,26);2-6H,1H3. The minimum atomic E-state index is -0.470. The van der Waals surface area contributed by atoms with Crippen LogP contribution in [0, 0.1) is 11.3 Å². The molecule has 1 atom stereocenters. The van der Waals surface area contributed by atoms with Crippen LogP contribution >= 0.6 is 24.4 Å². The second-order valence-electron chi connectivity index (χ2n) is 8.49. The van der Waals surface area contributed by atoms with E-state index in [4.69, 9.17) is 4.74 Å². The van der Waals surface area contributed by atoms with Gasteiger partial charge in [0, 0.05) is 32.5 Å². The lowest BCUT2D eigenvalue weighted by molar-refractivity contribution is -0.134. The fourth-order valence-electron chi connectivity index (χ4n) is 4.50. The van der Waals surface area contributed by atoms with Gasteiger partial charge in [-0.2, -0.15) is 17.0 Å². The minimum Gasteiger partial charge on any atom is -0.497 e. The second-order valence-corrected chi connectivity index (χ2v) is 9.86. The van der Waals surface area contributed by atoms with Gasteiger partial charge >= 0.3 is 0 Å². The van der Waals surface area contributed by atoms with Crippen LogP contribution in [0.5, 0.6) is 5.75 Å². The molecule has 2 heterocycles. The summed E-state index contributed by atoms with van der Waals surface area (Å²) in [5.41, 5.74) is 0.978. The second kappa shape index (κ2) is 12.9. The van der Waals surface area contributed by atoms with Crippen LogP contribution < -0.4 is 10.1 Å². The molecule has 9 heteroatoms. The summed E-state index contributed by atoms with van der Waals surface area (Å²) < 4.78 is 4.91. The molecule has 4 rings (SSSR count). The third kappa shape index (κ3) is 6.72. The Morgan fingerprint density at radius 2 is 1.86 bits per heavy atom. The van der Waals surface area contributed by atoms with Crippen LogP contribution in [0.25, 0.3) is 0 Å². The van der Waals surface area contributed by atoms with Crippen LogP contribution in [0.3, 0.4) is 0 Å². The van der Waals surface area contributed by atoms with Crippen LogP contribution in [0.2, 0.25) is 0 Å². The molecule has 186 valence electrons. The van der Waals surface area contributed by atoms with E-state index in [9.17, 15) is 14.9 Å². The zero-order chi connectivity index (χ0) is 25.3. The first-order valence-corrected chi connectivity index (χ1v) is 13.4. The summed E-state index contributed by atoms with van der Waals surface area (Å²) in [4.78, 5) is 28.4. The van der Waals surface area contributed by atoms with Gasteiger partial charge in [-0.3, -0.25) is 14.9 Å². The number of likely N-dealkylation sites (tertiary alicyclic amines) is 1. The van der Waals surface area contributed by atoms with E-state index in [-0.39, 0.29) is 17.2 Å². The Hall–Kier alpha value is -2.67. The van der Waals surface area contributed by atoms with E-state index in [1.807, 2.05) is 59.7 Å². The Morgan fingerprint density at radius 1 is 1.20 bits per heavy atom. The normalized spacial score (nSPS) is 18.6. The summed E-state index contributed by atoms with van der Waals surface area (Å²) >= 11 is 5.65. The number of piperidine rings is 1. The quantitative estimate of drug-likeness (QED) is 0.566. The molecule has 1 unspecified atom stereocenters. The Balaban J connectivity index is 0.000000363. The van der Waals surface area contributed by atoms with Gasteiger partial charge in [0.05, 0.1) is 30.4 Å². The molecule has 2 aromatic rings. The SMILES string of the molecule is COc1ccccc1.CSCCC1NC2(CCN(C(=O)S)CC2)N(Cc2ccccc2C#N)C1=O. The molecule has 0 aliphatic carbocycles. The molecule has 2 saturated heterocycles. The van der Waals surface area contributed by atoms with Gasteiger partial charge in [0.2, 0.25) is 5.91 Å². The summed E-state index contributed by atoms with van der Waals surface area (Å²) in [6.45, 7) is 1.53. The largest absolute Gasteiger partial charge is 0.497 e. The number of ether oxygens (including phenoxy) is 1. The third-order valence-electron chi connectivity index (χ3n) is 6.44. The lowest BCUT2D eigenvalue weighted by atomic mass is 9.95. The van der Waals surface area contributed by atoms with Gasteiger partial charge in [-0.25, -0.2) is 0 Å². The Labute approximate surface area is 217 Å². The summed E-state index contributed by atoms with van der Waals surface area (Å²) in [5, 5.41) is 12.7.